The number of aryl methyl sites for hydroxylation is 2. The van der Waals surface area contributed by atoms with Gasteiger partial charge in [-0.2, -0.15) is 0 Å². The van der Waals surface area contributed by atoms with Crippen LogP contribution in [0.25, 0.3) is 10.9 Å². The van der Waals surface area contributed by atoms with Crippen molar-refractivity contribution in [3.63, 3.8) is 0 Å². The number of hydrogen-bond acceptors (Lipinski definition) is 5. The average molecular weight is 349 g/mol. The van der Waals surface area contributed by atoms with Crippen molar-refractivity contribution >= 4 is 28.2 Å². The fourth-order valence-corrected chi connectivity index (χ4v) is 3.35. The second-order valence-electron chi connectivity index (χ2n) is 6.54. The SMILES string of the molecule is Cc1ccccc1CNc1c(N)c2cc3c(cc2n(C)c1=O)C(=O)OC3. The van der Waals surface area contributed by atoms with Gasteiger partial charge in [0.25, 0.3) is 5.56 Å². The number of nitrogens with one attached hydrogen (secondary N) is 1. The van der Waals surface area contributed by atoms with Gasteiger partial charge in [-0.05, 0) is 30.2 Å². The van der Waals surface area contributed by atoms with Crippen molar-refractivity contribution in [2.45, 2.75) is 20.1 Å². The first-order valence-electron chi connectivity index (χ1n) is 8.38. The molecule has 3 N–H and O–H groups in total. The molecule has 26 heavy (non-hydrogen) atoms. The maximum atomic E-state index is 12.8. The highest BCUT2D eigenvalue weighted by Crippen LogP contribution is 2.31. The molecule has 0 unspecified atom stereocenters. The van der Waals surface area contributed by atoms with Gasteiger partial charge in [0.15, 0.2) is 0 Å². The quantitative estimate of drug-likeness (QED) is 0.710. The third kappa shape index (κ3) is 2.42. The van der Waals surface area contributed by atoms with Crippen molar-refractivity contribution in [3.05, 3.63) is 69.0 Å². The number of rotatable bonds is 3. The zero-order valence-corrected chi connectivity index (χ0v) is 14.6. The standard InChI is InChI=1S/C20H19N3O3/c1-11-5-3-4-6-12(11)9-22-18-17(21)15-7-13-10-26-20(25)14(13)8-16(15)23(2)19(18)24/h3-8,22H,9-10,21H2,1-2H3. The Morgan fingerprint density at radius 3 is 2.77 bits per heavy atom. The molecule has 0 aliphatic carbocycles. The first-order chi connectivity index (χ1) is 12.5. The molecule has 1 aromatic heterocycles. The van der Waals surface area contributed by atoms with Crippen LogP contribution in [0.2, 0.25) is 0 Å². The number of nitrogens with zero attached hydrogens (tertiary/aromatic N) is 1. The van der Waals surface area contributed by atoms with E-state index in [0.717, 1.165) is 22.1 Å². The van der Waals surface area contributed by atoms with Crippen LogP contribution < -0.4 is 16.6 Å². The normalized spacial score (nSPS) is 12.9. The van der Waals surface area contributed by atoms with Crippen LogP contribution in [-0.2, 0) is 24.9 Å². The maximum absolute atomic E-state index is 12.8. The van der Waals surface area contributed by atoms with Gasteiger partial charge in [0.2, 0.25) is 0 Å². The molecular formula is C20H19N3O3. The van der Waals surface area contributed by atoms with Crippen LogP contribution in [0.4, 0.5) is 11.4 Å². The molecule has 4 rings (SSSR count). The molecule has 0 fully saturated rings. The smallest absolute Gasteiger partial charge is 0.338 e. The number of cyclic esters (lactones) is 1. The summed E-state index contributed by atoms with van der Waals surface area (Å²) < 4.78 is 6.58. The van der Waals surface area contributed by atoms with Gasteiger partial charge in [-0.15, -0.1) is 0 Å². The van der Waals surface area contributed by atoms with E-state index in [1.807, 2.05) is 37.3 Å². The maximum Gasteiger partial charge on any atom is 0.338 e. The van der Waals surface area contributed by atoms with E-state index in [9.17, 15) is 9.59 Å². The first kappa shape index (κ1) is 16.2. The predicted molar refractivity (Wildman–Crippen MR) is 101 cm³/mol. The molecule has 0 radical (unpaired) electrons. The number of nitrogens with two attached hydrogens (primary N) is 1. The number of hydrogen-bond donors (Lipinski definition) is 2. The number of aromatic nitrogens is 1. The number of benzene rings is 2. The van der Waals surface area contributed by atoms with Crippen LogP contribution in [0.1, 0.15) is 27.0 Å². The van der Waals surface area contributed by atoms with Gasteiger partial charge in [0.1, 0.15) is 12.3 Å². The fraction of sp³-hybridized carbons (Fsp3) is 0.200. The van der Waals surface area contributed by atoms with Crippen LogP contribution >= 0.6 is 0 Å². The van der Waals surface area contributed by atoms with E-state index in [0.29, 0.717) is 29.0 Å². The van der Waals surface area contributed by atoms with Crippen LogP contribution in [0.3, 0.4) is 0 Å². The molecule has 6 heteroatoms. The van der Waals surface area contributed by atoms with Crippen molar-refractivity contribution in [2.24, 2.45) is 7.05 Å². The highest BCUT2D eigenvalue weighted by atomic mass is 16.5. The summed E-state index contributed by atoms with van der Waals surface area (Å²) in [6.07, 6.45) is 0. The van der Waals surface area contributed by atoms with Crippen LogP contribution in [0.15, 0.2) is 41.2 Å². The van der Waals surface area contributed by atoms with Crippen LogP contribution in [0.5, 0.6) is 0 Å². The minimum absolute atomic E-state index is 0.227. The molecule has 132 valence electrons. The molecule has 2 aromatic carbocycles. The average Bonchev–Trinajstić information content (AvgIpc) is 3.00. The lowest BCUT2D eigenvalue weighted by molar-refractivity contribution is 0.0535. The third-order valence-electron chi connectivity index (χ3n) is 4.96. The summed E-state index contributed by atoms with van der Waals surface area (Å²) in [5.41, 5.74) is 11.0. The van der Waals surface area contributed by atoms with Gasteiger partial charge in [-0.3, -0.25) is 4.79 Å². The monoisotopic (exact) mass is 349 g/mol. The molecular weight excluding hydrogens is 330 g/mol. The van der Waals surface area contributed by atoms with Gasteiger partial charge in [-0.1, -0.05) is 24.3 Å². The second kappa shape index (κ2) is 5.91. The van der Waals surface area contributed by atoms with E-state index >= 15 is 0 Å². The van der Waals surface area contributed by atoms with Crippen molar-refractivity contribution in [3.8, 4) is 0 Å². The van der Waals surface area contributed by atoms with E-state index in [1.54, 1.807) is 13.1 Å². The van der Waals surface area contributed by atoms with Crippen molar-refractivity contribution in [1.29, 1.82) is 0 Å². The highest BCUT2D eigenvalue weighted by molar-refractivity contribution is 6.03. The molecule has 1 aliphatic rings. The Morgan fingerprint density at radius 2 is 2.00 bits per heavy atom. The fourth-order valence-electron chi connectivity index (χ4n) is 3.35. The molecule has 0 bridgehead atoms. The number of carbonyl (C=O) groups is 1. The highest BCUT2D eigenvalue weighted by Gasteiger charge is 2.24. The summed E-state index contributed by atoms with van der Waals surface area (Å²) in [5.74, 6) is -0.366. The summed E-state index contributed by atoms with van der Waals surface area (Å²) in [7, 11) is 1.68. The van der Waals surface area contributed by atoms with Crippen LogP contribution in [-0.4, -0.2) is 10.5 Å². The van der Waals surface area contributed by atoms with E-state index in [4.69, 9.17) is 10.5 Å². The zero-order chi connectivity index (χ0) is 18.4. The van der Waals surface area contributed by atoms with Crippen molar-refractivity contribution in [1.82, 2.24) is 4.57 Å². The van der Waals surface area contributed by atoms with E-state index in [2.05, 4.69) is 5.32 Å². The molecule has 0 amide bonds. The van der Waals surface area contributed by atoms with Gasteiger partial charge < -0.3 is 20.4 Å². The number of anilines is 2. The Morgan fingerprint density at radius 1 is 1.23 bits per heavy atom. The van der Waals surface area contributed by atoms with Crippen molar-refractivity contribution < 1.29 is 9.53 Å². The number of carbonyl (C=O) groups excluding carboxylic acids is 1. The summed E-state index contributed by atoms with van der Waals surface area (Å²) in [6.45, 7) is 2.77. The second-order valence-corrected chi connectivity index (χ2v) is 6.54. The summed E-state index contributed by atoms with van der Waals surface area (Å²) in [4.78, 5) is 24.6. The first-order valence-corrected chi connectivity index (χ1v) is 8.38. The van der Waals surface area contributed by atoms with Gasteiger partial charge in [0, 0.05) is 24.5 Å². The van der Waals surface area contributed by atoms with Crippen molar-refractivity contribution in [2.75, 3.05) is 11.1 Å². The Bertz CT molecular complexity index is 1120. The Kier molecular flexibility index (Phi) is 3.68. The summed E-state index contributed by atoms with van der Waals surface area (Å²) in [5, 5.41) is 3.92. The summed E-state index contributed by atoms with van der Waals surface area (Å²) in [6, 6.07) is 11.5. The predicted octanol–water partition coefficient (Wildman–Crippen LogP) is 2.71. The lowest BCUT2D eigenvalue weighted by Crippen LogP contribution is -2.23. The topological polar surface area (TPSA) is 86.4 Å². The number of ether oxygens (including phenoxy) is 1. The molecule has 0 saturated heterocycles. The van der Waals surface area contributed by atoms with Gasteiger partial charge in [0.05, 0.1) is 16.8 Å². The van der Waals surface area contributed by atoms with Gasteiger partial charge >= 0.3 is 5.97 Å². The zero-order valence-electron chi connectivity index (χ0n) is 14.6. The molecule has 0 atom stereocenters. The van der Waals surface area contributed by atoms with Crippen LogP contribution in [0, 0.1) is 6.92 Å². The Balaban J connectivity index is 1.82. The molecule has 2 heterocycles. The molecule has 0 saturated carbocycles. The van der Waals surface area contributed by atoms with E-state index < -0.39 is 0 Å². The lowest BCUT2D eigenvalue weighted by atomic mass is 10.0. The number of fused-ring (bicyclic) bond motifs is 2. The number of esters is 1. The number of nitrogen functional groups attached to an aromatic ring is 1. The Hall–Kier alpha value is -3.28. The van der Waals surface area contributed by atoms with Gasteiger partial charge in [-0.25, -0.2) is 4.79 Å². The Labute approximate surface area is 150 Å². The minimum atomic E-state index is -0.366. The summed E-state index contributed by atoms with van der Waals surface area (Å²) >= 11 is 0. The molecule has 0 spiro atoms. The molecule has 3 aromatic rings. The lowest BCUT2D eigenvalue weighted by Gasteiger charge is -2.15. The molecule has 6 nitrogen and oxygen atoms in total. The van der Waals surface area contributed by atoms with E-state index in [-0.39, 0.29) is 18.1 Å². The van der Waals surface area contributed by atoms with E-state index in [1.165, 1.54) is 4.57 Å². The minimum Gasteiger partial charge on any atom is -0.457 e. The molecule has 1 aliphatic heterocycles. The largest absolute Gasteiger partial charge is 0.457 e. The third-order valence-corrected chi connectivity index (χ3v) is 4.96. The number of pyridine rings is 1.